The van der Waals surface area contributed by atoms with Gasteiger partial charge in [0.2, 0.25) is 5.91 Å². The normalized spacial score (nSPS) is 18.2. The van der Waals surface area contributed by atoms with Crippen LogP contribution in [-0.2, 0) is 9.53 Å². The van der Waals surface area contributed by atoms with E-state index in [0.717, 1.165) is 16.5 Å². The van der Waals surface area contributed by atoms with Crippen molar-refractivity contribution >= 4 is 45.6 Å². The molecule has 2 rings (SSSR count). The van der Waals surface area contributed by atoms with Gasteiger partial charge >= 0.3 is 0 Å². The second kappa shape index (κ2) is 6.41. The first-order valence-corrected chi connectivity index (χ1v) is 6.31. The van der Waals surface area contributed by atoms with E-state index < -0.39 is 0 Å². The Morgan fingerprint density at radius 1 is 1.56 bits per heavy atom. The van der Waals surface area contributed by atoms with E-state index in [9.17, 15) is 4.79 Å². The quantitative estimate of drug-likeness (QED) is 0.817. The Morgan fingerprint density at radius 2 is 2.28 bits per heavy atom. The number of nitrogen functional groups attached to an aromatic ring is 1. The molecule has 18 heavy (non-hydrogen) atoms. The predicted molar refractivity (Wildman–Crippen MR) is 78.1 cm³/mol. The number of hydrogen-bond acceptors (Lipinski definition) is 3. The maximum atomic E-state index is 11.9. The summed E-state index contributed by atoms with van der Waals surface area (Å²) < 4.78 is 6.10. The fourth-order valence-electron chi connectivity index (χ4n) is 1.83. The standard InChI is InChI=1S/C12H15BrN2O2.ClH/c1-7-4-9(13)5-10(11(7)14)15-12(16)8-2-3-17-6-8;/h4-5,8H,2-3,6,14H2,1H3,(H,15,16);1H. The van der Waals surface area contributed by atoms with E-state index in [-0.39, 0.29) is 24.2 Å². The van der Waals surface area contributed by atoms with Gasteiger partial charge in [-0.15, -0.1) is 12.4 Å². The molecule has 1 amide bonds. The summed E-state index contributed by atoms with van der Waals surface area (Å²) in [6, 6.07) is 3.74. The zero-order chi connectivity index (χ0) is 12.4. The largest absolute Gasteiger partial charge is 0.397 e. The molecule has 1 unspecified atom stereocenters. The Kier molecular flexibility index (Phi) is 5.44. The van der Waals surface area contributed by atoms with Gasteiger partial charge in [-0.05, 0) is 31.0 Å². The lowest BCUT2D eigenvalue weighted by molar-refractivity contribution is -0.119. The molecule has 0 aliphatic carbocycles. The Morgan fingerprint density at radius 3 is 2.89 bits per heavy atom. The number of carbonyl (C=O) groups excluding carboxylic acids is 1. The van der Waals surface area contributed by atoms with Gasteiger partial charge in [0.25, 0.3) is 0 Å². The summed E-state index contributed by atoms with van der Waals surface area (Å²) in [5.74, 6) is -0.0830. The van der Waals surface area contributed by atoms with Gasteiger partial charge in [-0.3, -0.25) is 4.79 Å². The molecular weight excluding hydrogens is 320 g/mol. The predicted octanol–water partition coefficient (Wildman–Crippen LogP) is 2.74. The van der Waals surface area contributed by atoms with E-state index in [0.29, 0.717) is 24.6 Å². The van der Waals surface area contributed by atoms with Crippen LogP contribution in [0.4, 0.5) is 11.4 Å². The minimum Gasteiger partial charge on any atom is -0.397 e. The van der Waals surface area contributed by atoms with Crippen molar-refractivity contribution in [1.29, 1.82) is 0 Å². The number of rotatable bonds is 2. The van der Waals surface area contributed by atoms with Crippen LogP contribution in [0.25, 0.3) is 0 Å². The highest BCUT2D eigenvalue weighted by molar-refractivity contribution is 9.10. The number of halogens is 2. The van der Waals surface area contributed by atoms with Crippen LogP contribution in [0.5, 0.6) is 0 Å². The van der Waals surface area contributed by atoms with Crippen molar-refractivity contribution in [3.05, 3.63) is 22.2 Å². The number of anilines is 2. The van der Waals surface area contributed by atoms with Crippen LogP contribution in [0.1, 0.15) is 12.0 Å². The van der Waals surface area contributed by atoms with Crippen molar-refractivity contribution in [2.75, 3.05) is 24.3 Å². The second-order valence-corrected chi connectivity index (χ2v) is 5.15. The molecule has 4 nitrogen and oxygen atoms in total. The molecule has 100 valence electrons. The van der Waals surface area contributed by atoms with Gasteiger partial charge in [-0.2, -0.15) is 0 Å². The van der Waals surface area contributed by atoms with Gasteiger partial charge in [0, 0.05) is 11.1 Å². The summed E-state index contributed by atoms with van der Waals surface area (Å²) in [5, 5.41) is 2.86. The molecule has 1 fully saturated rings. The Labute approximate surface area is 121 Å². The summed E-state index contributed by atoms with van der Waals surface area (Å²) in [5.41, 5.74) is 8.15. The molecule has 0 spiro atoms. The van der Waals surface area contributed by atoms with Crippen LogP contribution in [-0.4, -0.2) is 19.1 Å². The second-order valence-electron chi connectivity index (χ2n) is 4.23. The number of ether oxygens (including phenoxy) is 1. The summed E-state index contributed by atoms with van der Waals surface area (Å²) in [4.78, 5) is 11.9. The Bertz CT molecular complexity index is 448. The molecular formula is C12H16BrClN2O2. The number of benzene rings is 1. The fourth-order valence-corrected chi connectivity index (χ4v) is 2.41. The first-order chi connectivity index (χ1) is 8.08. The lowest BCUT2D eigenvalue weighted by Gasteiger charge is -2.13. The average Bonchev–Trinajstić information content (AvgIpc) is 2.78. The molecule has 3 N–H and O–H groups in total. The fraction of sp³-hybridized carbons (Fsp3) is 0.417. The highest BCUT2D eigenvalue weighted by Gasteiger charge is 2.24. The topological polar surface area (TPSA) is 64.3 Å². The molecule has 0 bridgehead atoms. The third-order valence-electron chi connectivity index (χ3n) is 2.91. The smallest absolute Gasteiger partial charge is 0.229 e. The lowest BCUT2D eigenvalue weighted by atomic mass is 10.1. The molecule has 1 aromatic rings. The summed E-state index contributed by atoms with van der Waals surface area (Å²) in [6.45, 7) is 3.07. The highest BCUT2D eigenvalue weighted by Crippen LogP contribution is 2.28. The lowest BCUT2D eigenvalue weighted by Crippen LogP contribution is -2.23. The highest BCUT2D eigenvalue weighted by atomic mass is 79.9. The molecule has 0 saturated carbocycles. The first kappa shape index (κ1) is 15.3. The third kappa shape index (κ3) is 3.37. The summed E-state index contributed by atoms with van der Waals surface area (Å²) in [7, 11) is 0. The zero-order valence-electron chi connectivity index (χ0n) is 10.0. The average molecular weight is 336 g/mol. The van der Waals surface area contributed by atoms with E-state index in [2.05, 4.69) is 21.2 Å². The summed E-state index contributed by atoms with van der Waals surface area (Å²) >= 11 is 3.39. The van der Waals surface area contributed by atoms with Crippen molar-refractivity contribution in [3.63, 3.8) is 0 Å². The number of nitrogens with two attached hydrogens (primary N) is 1. The molecule has 6 heteroatoms. The van der Waals surface area contributed by atoms with Crippen molar-refractivity contribution < 1.29 is 9.53 Å². The van der Waals surface area contributed by atoms with Crippen molar-refractivity contribution in [1.82, 2.24) is 0 Å². The van der Waals surface area contributed by atoms with Crippen LogP contribution in [0.15, 0.2) is 16.6 Å². The van der Waals surface area contributed by atoms with E-state index in [1.165, 1.54) is 0 Å². The maximum Gasteiger partial charge on any atom is 0.229 e. The van der Waals surface area contributed by atoms with Crippen molar-refractivity contribution in [3.8, 4) is 0 Å². The van der Waals surface area contributed by atoms with E-state index >= 15 is 0 Å². The molecule has 1 aliphatic heterocycles. The third-order valence-corrected chi connectivity index (χ3v) is 3.37. The minimum atomic E-state index is -0.0614. The number of amides is 1. The molecule has 0 aromatic heterocycles. The number of nitrogens with one attached hydrogen (secondary N) is 1. The molecule has 1 aliphatic rings. The number of aryl methyl sites for hydroxylation is 1. The molecule has 1 heterocycles. The first-order valence-electron chi connectivity index (χ1n) is 5.52. The van der Waals surface area contributed by atoms with E-state index in [1.54, 1.807) is 0 Å². The summed E-state index contributed by atoms with van der Waals surface area (Å²) in [6.07, 6.45) is 0.777. The van der Waals surface area contributed by atoms with Crippen molar-refractivity contribution in [2.24, 2.45) is 5.92 Å². The minimum absolute atomic E-state index is 0. The maximum absolute atomic E-state index is 11.9. The molecule has 1 atom stereocenters. The van der Waals surface area contributed by atoms with E-state index in [1.807, 2.05) is 19.1 Å². The van der Waals surface area contributed by atoms with Gasteiger partial charge < -0.3 is 15.8 Å². The van der Waals surface area contributed by atoms with Crippen LogP contribution in [0.2, 0.25) is 0 Å². The van der Waals surface area contributed by atoms with Crippen LogP contribution < -0.4 is 11.1 Å². The number of carbonyl (C=O) groups is 1. The Hall–Kier alpha value is -0.780. The van der Waals surface area contributed by atoms with Gasteiger partial charge in [0.1, 0.15) is 0 Å². The van der Waals surface area contributed by atoms with Crippen molar-refractivity contribution in [2.45, 2.75) is 13.3 Å². The van der Waals surface area contributed by atoms with Crippen LogP contribution in [0, 0.1) is 12.8 Å². The van der Waals surface area contributed by atoms with Gasteiger partial charge in [0.15, 0.2) is 0 Å². The number of hydrogen-bond donors (Lipinski definition) is 2. The SMILES string of the molecule is Cc1cc(Br)cc(NC(=O)C2CCOC2)c1N.Cl. The van der Waals surface area contributed by atoms with Gasteiger partial charge in [0.05, 0.1) is 23.9 Å². The molecule has 1 saturated heterocycles. The zero-order valence-corrected chi connectivity index (χ0v) is 12.4. The van der Waals surface area contributed by atoms with Crippen LogP contribution >= 0.6 is 28.3 Å². The van der Waals surface area contributed by atoms with E-state index in [4.69, 9.17) is 10.5 Å². The molecule has 1 aromatic carbocycles. The Balaban J connectivity index is 0.00000162. The van der Waals surface area contributed by atoms with Gasteiger partial charge in [-0.25, -0.2) is 0 Å². The molecule has 0 radical (unpaired) electrons. The van der Waals surface area contributed by atoms with Gasteiger partial charge in [-0.1, -0.05) is 15.9 Å². The van der Waals surface area contributed by atoms with Crippen LogP contribution in [0.3, 0.4) is 0 Å². The monoisotopic (exact) mass is 334 g/mol.